The van der Waals surface area contributed by atoms with Crippen molar-refractivity contribution >= 4 is 33.2 Å². The van der Waals surface area contributed by atoms with E-state index in [0.29, 0.717) is 0 Å². The van der Waals surface area contributed by atoms with Gasteiger partial charge in [0.2, 0.25) is 0 Å². The van der Waals surface area contributed by atoms with Gasteiger partial charge >= 0.3 is 0 Å². The van der Waals surface area contributed by atoms with E-state index in [-0.39, 0.29) is 5.91 Å². The molecule has 1 N–H and O–H groups in total. The summed E-state index contributed by atoms with van der Waals surface area (Å²) in [5, 5.41) is 5.15. The molecule has 0 aromatic carbocycles. The first kappa shape index (κ1) is 14.0. The van der Waals surface area contributed by atoms with Crippen LogP contribution in [0, 0.1) is 5.92 Å². The third-order valence-corrected chi connectivity index (χ3v) is 5.34. The summed E-state index contributed by atoms with van der Waals surface area (Å²) in [5.41, 5.74) is 0. The van der Waals surface area contributed by atoms with Crippen molar-refractivity contribution in [3.63, 3.8) is 0 Å². The number of nitrogens with one attached hydrogen (secondary N) is 1. The van der Waals surface area contributed by atoms with Crippen molar-refractivity contribution in [2.75, 3.05) is 26.7 Å². The van der Waals surface area contributed by atoms with Crippen LogP contribution in [-0.4, -0.2) is 37.5 Å². The number of amides is 1. The zero-order valence-corrected chi connectivity index (χ0v) is 13.0. The highest BCUT2D eigenvalue weighted by atomic mass is 79.9. The Balaban J connectivity index is 1.86. The number of carbonyl (C=O) groups is 1. The zero-order chi connectivity index (χ0) is 13.0. The summed E-state index contributed by atoms with van der Waals surface area (Å²) in [5.74, 6) is 0.956. The van der Waals surface area contributed by atoms with Gasteiger partial charge in [-0.15, -0.1) is 11.3 Å². The van der Waals surface area contributed by atoms with Crippen LogP contribution in [0.25, 0.3) is 0 Å². The number of carbonyl (C=O) groups excluding carboxylic acids is 1. The molecule has 1 aliphatic heterocycles. The van der Waals surface area contributed by atoms with Crippen molar-refractivity contribution in [2.24, 2.45) is 5.92 Å². The molecule has 1 aromatic rings. The Hall–Kier alpha value is -0.390. The molecule has 5 heteroatoms. The van der Waals surface area contributed by atoms with Crippen LogP contribution in [0.15, 0.2) is 15.9 Å². The lowest BCUT2D eigenvalue weighted by atomic mass is 9.93. The number of likely N-dealkylation sites (tertiary alicyclic amines) is 1. The van der Waals surface area contributed by atoms with E-state index in [4.69, 9.17) is 0 Å². The Morgan fingerprint density at radius 3 is 2.83 bits per heavy atom. The summed E-state index contributed by atoms with van der Waals surface area (Å²) in [4.78, 5) is 15.1. The standard InChI is InChI=1S/C13H19BrN2OS/c1-15-6-2-10-3-7-16(8-4-10)13(17)12-11(14)5-9-18-12/h5,9-10,15H,2-4,6-8H2,1H3. The highest BCUT2D eigenvalue weighted by molar-refractivity contribution is 9.10. The van der Waals surface area contributed by atoms with Crippen LogP contribution in [0.3, 0.4) is 0 Å². The molecule has 0 atom stereocenters. The number of piperidine rings is 1. The fraction of sp³-hybridized carbons (Fsp3) is 0.615. The average Bonchev–Trinajstić information content (AvgIpc) is 2.82. The molecule has 1 amide bonds. The molecule has 0 radical (unpaired) electrons. The lowest BCUT2D eigenvalue weighted by molar-refractivity contribution is 0.0691. The average molecular weight is 331 g/mol. The minimum atomic E-state index is 0.184. The zero-order valence-electron chi connectivity index (χ0n) is 10.6. The molecule has 100 valence electrons. The van der Waals surface area contributed by atoms with E-state index >= 15 is 0 Å². The van der Waals surface area contributed by atoms with Crippen LogP contribution in [0.5, 0.6) is 0 Å². The van der Waals surface area contributed by atoms with Crippen LogP contribution in [0.2, 0.25) is 0 Å². The molecule has 1 saturated heterocycles. The minimum absolute atomic E-state index is 0.184. The maximum Gasteiger partial charge on any atom is 0.265 e. The Morgan fingerprint density at radius 1 is 1.56 bits per heavy atom. The van der Waals surface area contributed by atoms with Gasteiger partial charge in [0.05, 0.1) is 0 Å². The summed E-state index contributed by atoms with van der Waals surface area (Å²) in [6.07, 6.45) is 3.49. The van der Waals surface area contributed by atoms with Gasteiger partial charge in [-0.3, -0.25) is 4.79 Å². The van der Waals surface area contributed by atoms with E-state index in [1.54, 1.807) is 0 Å². The maximum atomic E-state index is 12.3. The van der Waals surface area contributed by atoms with Crippen LogP contribution in [0.1, 0.15) is 28.9 Å². The molecule has 0 bridgehead atoms. The van der Waals surface area contributed by atoms with E-state index in [1.807, 2.05) is 23.4 Å². The van der Waals surface area contributed by atoms with Gasteiger partial charge in [-0.05, 0) is 66.1 Å². The Morgan fingerprint density at radius 2 is 2.28 bits per heavy atom. The predicted octanol–water partition coefficient (Wildman–Crippen LogP) is 2.97. The highest BCUT2D eigenvalue weighted by Crippen LogP contribution is 2.27. The molecule has 0 spiro atoms. The molecule has 18 heavy (non-hydrogen) atoms. The van der Waals surface area contributed by atoms with Crippen molar-refractivity contribution in [3.8, 4) is 0 Å². The number of hydrogen-bond donors (Lipinski definition) is 1. The molecular weight excluding hydrogens is 312 g/mol. The second-order valence-corrected chi connectivity index (χ2v) is 6.50. The third kappa shape index (κ3) is 3.33. The van der Waals surface area contributed by atoms with Gasteiger partial charge in [0.15, 0.2) is 0 Å². The van der Waals surface area contributed by atoms with Crippen molar-refractivity contribution in [3.05, 3.63) is 20.8 Å². The van der Waals surface area contributed by atoms with Crippen LogP contribution in [-0.2, 0) is 0 Å². The fourth-order valence-electron chi connectivity index (χ4n) is 2.36. The predicted molar refractivity (Wildman–Crippen MR) is 79.2 cm³/mol. The largest absolute Gasteiger partial charge is 0.338 e. The summed E-state index contributed by atoms with van der Waals surface area (Å²) < 4.78 is 0.926. The summed E-state index contributed by atoms with van der Waals surface area (Å²) in [6, 6.07) is 1.94. The number of thiophene rings is 1. The highest BCUT2D eigenvalue weighted by Gasteiger charge is 2.24. The first-order chi connectivity index (χ1) is 8.72. The van der Waals surface area contributed by atoms with Crippen molar-refractivity contribution in [1.82, 2.24) is 10.2 Å². The quantitative estimate of drug-likeness (QED) is 0.920. The molecule has 0 aliphatic carbocycles. The summed E-state index contributed by atoms with van der Waals surface area (Å²) >= 11 is 4.95. The van der Waals surface area contributed by atoms with Crippen molar-refractivity contribution in [1.29, 1.82) is 0 Å². The number of hydrogen-bond acceptors (Lipinski definition) is 3. The Bertz CT molecular complexity index is 399. The van der Waals surface area contributed by atoms with Gasteiger partial charge < -0.3 is 10.2 Å². The van der Waals surface area contributed by atoms with Gasteiger partial charge in [0.25, 0.3) is 5.91 Å². The van der Waals surface area contributed by atoms with Crippen LogP contribution >= 0.6 is 27.3 Å². The Labute approximate surface area is 121 Å². The number of halogens is 1. The van der Waals surface area contributed by atoms with Gasteiger partial charge in [0, 0.05) is 17.6 Å². The van der Waals surface area contributed by atoms with Crippen molar-refractivity contribution in [2.45, 2.75) is 19.3 Å². The number of nitrogens with zero attached hydrogens (tertiary/aromatic N) is 1. The fourth-order valence-corrected chi connectivity index (χ4v) is 3.87. The number of rotatable bonds is 4. The molecule has 0 saturated carbocycles. The van der Waals surface area contributed by atoms with E-state index in [1.165, 1.54) is 17.8 Å². The lowest BCUT2D eigenvalue weighted by Crippen LogP contribution is -2.38. The molecule has 0 unspecified atom stereocenters. The van der Waals surface area contributed by atoms with E-state index in [9.17, 15) is 4.79 Å². The molecule has 2 rings (SSSR count). The first-order valence-corrected chi connectivity index (χ1v) is 8.06. The van der Waals surface area contributed by atoms with E-state index < -0.39 is 0 Å². The summed E-state index contributed by atoms with van der Waals surface area (Å²) in [7, 11) is 1.99. The minimum Gasteiger partial charge on any atom is -0.338 e. The van der Waals surface area contributed by atoms with Crippen LogP contribution in [0.4, 0.5) is 0 Å². The second-order valence-electron chi connectivity index (χ2n) is 4.73. The van der Waals surface area contributed by atoms with Gasteiger partial charge in [-0.25, -0.2) is 0 Å². The Kier molecular flexibility index (Phi) is 5.21. The first-order valence-electron chi connectivity index (χ1n) is 6.39. The molecule has 1 fully saturated rings. The van der Waals surface area contributed by atoms with Gasteiger partial charge in [-0.2, -0.15) is 0 Å². The third-order valence-electron chi connectivity index (χ3n) is 3.52. The molecule has 3 nitrogen and oxygen atoms in total. The van der Waals surface area contributed by atoms with Crippen molar-refractivity contribution < 1.29 is 4.79 Å². The van der Waals surface area contributed by atoms with Gasteiger partial charge in [0.1, 0.15) is 4.88 Å². The molecule has 2 heterocycles. The lowest BCUT2D eigenvalue weighted by Gasteiger charge is -2.31. The normalized spacial score (nSPS) is 17.1. The monoisotopic (exact) mass is 330 g/mol. The second kappa shape index (κ2) is 6.68. The smallest absolute Gasteiger partial charge is 0.265 e. The van der Waals surface area contributed by atoms with E-state index in [0.717, 1.165) is 47.7 Å². The molecular formula is C13H19BrN2OS. The van der Waals surface area contributed by atoms with Gasteiger partial charge in [-0.1, -0.05) is 0 Å². The molecule has 1 aliphatic rings. The van der Waals surface area contributed by atoms with E-state index in [2.05, 4.69) is 21.2 Å². The molecule has 1 aromatic heterocycles. The maximum absolute atomic E-state index is 12.3. The SMILES string of the molecule is CNCCC1CCN(C(=O)c2sccc2Br)CC1. The topological polar surface area (TPSA) is 32.3 Å². The van der Waals surface area contributed by atoms with Crippen LogP contribution < -0.4 is 5.32 Å². The summed E-state index contributed by atoms with van der Waals surface area (Å²) in [6.45, 7) is 2.88.